The summed E-state index contributed by atoms with van der Waals surface area (Å²) in [5.74, 6) is 0. The van der Waals surface area contributed by atoms with Crippen LogP contribution in [-0.4, -0.2) is 0 Å². The fourth-order valence-corrected chi connectivity index (χ4v) is 8.15. The number of fused-ring (bicyclic) bond motifs is 10. The van der Waals surface area contributed by atoms with Crippen molar-refractivity contribution in [1.82, 2.24) is 0 Å². The highest BCUT2D eigenvalue weighted by Gasteiger charge is 2.20. The minimum absolute atomic E-state index is 0.865. The molecule has 1 aliphatic carbocycles. The Bertz CT molecular complexity index is 3290. The lowest BCUT2D eigenvalue weighted by atomic mass is 9.91. The van der Waals surface area contributed by atoms with Gasteiger partial charge in [0.05, 0.1) is 0 Å². The van der Waals surface area contributed by atoms with Crippen LogP contribution in [0.15, 0.2) is 185 Å². The summed E-state index contributed by atoms with van der Waals surface area (Å²) in [7, 11) is 0. The van der Waals surface area contributed by atoms with Crippen molar-refractivity contribution in [3.63, 3.8) is 0 Å². The first-order valence-corrected chi connectivity index (χ1v) is 18.5. The van der Waals surface area contributed by atoms with Crippen molar-refractivity contribution in [2.24, 2.45) is 0 Å². The zero-order chi connectivity index (χ0) is 36.2. The van der Waals surface area contributed by atoms with E-state index < -0.39 is 0 Å². The van der Waals surface area contributed by atoms with Gasteiger partial charge in [-0.3, -0.25) is 0 Å². The van der Waals surface area contributed by atoms with Gasteiger partial charge in [0.25, 0.3) is 0 Å². The maximum absolute atomic E-state index is 6.83. The Kier molecular flexibility index (Phi) is 7.63. The third-order valence-electron chi connectivity index (χ3n) is 10.8. The largest absolute Gasteiger partial charge is 0.455 e. The SMILES string of the molecule is C=C(/C=c1/ccc(-c2ccccc2)cc1=C)C1=c2\cccc\c2=C(c2cc3c(ccc4c5ccccc5oc43)c3c2oc2ccccc23)\C=C\CC\C=C\1. The first kappa shape index (κ1) is 31.8. The summed E-state index contributed by atoms with van der Waals surface area (Å²) in [6, 6.07) is 48.9. The van der Waals surface area contributed by atoms with Crippen LogP contribution in [0, 0.1) is 0 Å². The Labute approximate surface area is 312 Å². The molecule has 256 valence electrons. The first-order chi connectivity index (χ1) is 26.6. The quantitative estimate of drug-likeness (QED) is 0.184. The Morgan fingerprint density at radius 1 is 0.537 bits per heavy atom. The number of allylic oxidation sites excluding steroid dienone is 5. The van der Waals surface area contributed by atoms with Gasteiger partial charge in [0.2, 0.25) is 0 Å². The second-order valence-corrected chi connectivity index (χ2v) is 14.1. The lowest BCUT2D eigenvalue weighted by Gasteiger charge is -2.12. The van der Waals surface area contributed by atoms with Gasteiger partial charge in [-0.25, -0.2) is 0 Å². The van der Waals surface area contributed by atoms with Gasteiger partial charge in [-0.1, -0.05) is 147 Å². The monoisotopic (exact) mass is 692 g/mol. The van der Waals surface area contributed by atoms with Gasteiger partial charge in [0.1, 0.15) is 22.3 Å². The van der Waals surface area contributed by atoms with E-state index in [1.54, 1.807) is 0 Å². The molecule has 2 nitrogen and oxygen atoms in total. The number of furan rings is 2. The van der Waals surface area contributed by atoms with Gasteiger partial charge < -0.3 is 8.83 Å². The van der Waals surface area contributed by atoms with Crippen LogP contribution in [0.25, 0.3) is 89.6 Å². The molecule has 2 aromatic heterocycles. The maximum Gasteiger partial charge on any atom is 0.143 e. The molecule has 0 unspecified atom stereocenters. The van der Waals surface area contributed by atoms with Crippen molar-refractivity contribution < 1.29 is 8.83 Å². The van der Waals surface area contributed by atoms with Gasteiger partial charge in [0, 0.05) is 32.5 Å². The summed E-state index contributed by atoms with van der Waals surface area (Å²) in [5, 5.41) is 10.8. The molecule has 1 aliphatic rings. The van der Waals surface area contributed by atoms with Crippen molar-refractivity contribution >= 4 is 78.5 Å². The van der Waals surface area contributed by atoms with Crippen molar-refractivity contribution in [2.45, 2.75) is 12.8 Å². The third-order valence-corrected chi connectivity index (χ3v) is 10.8. The lowest BCUT2D eigenvalue weighted by molar-refractivity contribution is 0.667. The zero-order valence-corrected chi connectivity index (χ0v) is 29.8. The topological polar surface area (TPSA) is 26.3 Å². The summed E-state index contributed by atoms with van der Waals surface area (Å²) in [4.78, 5) is 0. The fraction of sp³-hybridized carbons (Fsp3) is 0.0385. The van der Waals surface area contributed by atoms with E-state index in [9.17, 15) is 0 Å². The molecule has 0 amide bonds. The molecule has 0 saturated carbocycles. The smallest absolute Gasteiger partial charge is 0.143 e. The zero-order valence-electron chi connectivity index (χ0n) is 29.8. The molecular formula is C52H36O2. The lowest BCUT2D eigenvalue weighted by Crippen LogP contribution is -2.30. The molecule has 54 heavy (non-hydrogen) atoms. The molecule has 0 bridgehead atoms. The van der Waals surface area contributed by atoms with Gasteiger partial charge in [-0.05, 0) is 103 Å². The molecule has 0 saturated heterocycles. The van der Waals surface area contributed by atoms with Gasteiger partial charge in [0.15, 0.2) is 0 Å². The average molecular weight is 693 g/mol. The highest BCUT2D eigenvalue weighted by molar-refractivity contribution is 6.27. The second-order valence-electron chi connectivity index (χ2n) is 14.1. The molecule has 0 spiro atoms. The van der Waals surface area contributed by atoms with Crippen LogP contribution < -0.4 is 20.9 Å². The Balaban J connectivity index is 1.28. The van der Waals surface area contributed by atoms with Crippen molar-refractivity contribution in [3.05, 3.63) is 202 Å². The number of benzene rings is 7. The minimum atomic E-state index is 0.865. The van der Waals surface area contributed by atoms with E-state index in [4.69, 9.17) is 8.83 Å². The molecule has 0 N–H and O–H groups in total. The van der Waals surface area contributed by atoms with E-state index in [-0.39, 0.29) is 0 Å². The Morgan fingerprint density at radius 3 is 2.02 bits per heavy atom. The fourth-order valence-electron chi connectivity index (χ4n) is 8.15. The molecule has 0 fully saturated rings. The molecule has 10 rings (SSSR count). The summed E-state index contributed by atoms with van der Waals surface area (Å²) in [5.41, 5.74) is 9.96. The van der Waals surface area contributed by atoms with E-state index >= 15 is 0 Å². The molecule has 2 heterocycles. The highest BCUT2D eigenvalue weighted by Crippen LogP contribution is 2.43. The minimum Gasteiger partial charge on any atom is -0.455 e. The molecular weight excluding hydrogens is 657 g/mol. The van der Waals surface area contributed by atoms with Crippen LogP contribution in [0.1, 0.15) is 18.4 Å². The van der Waals surface area contributed by atoms with Crippen LogP contribution in [0.4, 0.5) is 0 Å². The van der Waals surface area contributed by atoms with Gasteiger partial charge in [-0.15, -0.1) is 0 Å². The summed E-state index contributed by atoms with van der Waals surface area (Å²) >= 11 is 0. The number of hydrogen-bond donors (Lipinski definition) is 0. The molecule has 7 aromatic carbocycles. The Hall–Kier alpha value is -6.90. The number of para-hydroxylation sites is 2. The van der Waals surface area contributed by atoms with Crippen molar-refractivity contribution in [3.8, 4) is 11.1 Å². The molecule has 0 radical (unpaired) electrons. The van der Waals surface area contributed by atoms with Crippen LogP contribution in [-0.2, 0) is 0 Å². The maximum atomic E-state index is 6.83. The molecule has 2 heteroatoms. The predicted molar refractivity (Wildman–Crippen MR) is 228 cm³/mol. The van der Waals surface area contributed by atoms with E-state index in [1.807, 2.05) is 24.3 Å². The number of hydrogen-bond acceptors (Lipinski definition) is 2. The standard InChI is InChI=1S/C52H36O2/c1-33-30-37(35-16-6-5-7-17-35)27-26-36(33)31-34(2)38-18-8-3-4-9-19-41(40-21-11-10-20-39(38)40)46-32-47-43(50-45-23-13-15-25-49(45)54-52(46)50)28-29-44-42-22-12-14-24-48(42)53-51(44)47/h5-32H,1-4H2/b18-8+,19-9+,36-31-,39-38+,41-40+. The van der Waals surface area contributed by atoms with E-state index in [0.29, 0.717) is 0 Å². The van der Waals surface area contributed by atoms with Crippen LogP contribution >= 0.6 is 0 Å². The highest BCUT2D eigenvalue weighted by atomic mass is 16.3. The van der Waals surface area contributed by atoms with E-state index in [1.165, 1.54) is 5.56 Å². The third kappa shape index (κ3) is 5.26. The van der Waals surface area contributed by atoms with Crippen LogP contribution in [0.2, 0.25) is 0 Å². The van der Waals surface area contributed by atoms with Crippen molar-refractivity contribution in [1.29, 1.82) is 0 Å². The normalized spacial score (nSPS) is 17.0. The van der Waals surface area contributed by atoms with E-state index in [2.05, 4.69) is 159 Å². The summed E-state index contributed by atoms with van der Waals surface area (Å²) in [6.07, 6.45) is 13.0. The van der Waals surface area contributed by atoms with Crippen LogP contribution in [0.3, 0.4) is 0 Å². The summed E-state index contributed by atoms with van der Waals surface area (Å²) in [6.45, 7) is 9.10. The van der Waals surface area contributed by atoms with E-state index in [0.717, 1.165) is 116 Å². The molecule has 9 aromatic rings. The average Bonchev–Trinajstić information content (AvgIpc) is 3.80. The summed E-state index contributed by atoms with van der Waals surface area (Å²) < 4.78 is 13.5. The van der Waals surface area contributed by atoms with Crippen molar-refractivity contribution in [2.75, 3.05) is 0 Å². The van der Waals surface area contributed by atoms with Crippen LogP contribution in [0.5, 0.6) is 0 Å². The first-order valence-electron chi connectivity index (χ1n) is 18.5. The Morgan fingerprint density at radius 2 is 1.20 bits per heavy atom. The molecule has 0 aliphatic heterocycles. The van der Waals surface area contributed by atoms with Gasteiger partial charge >= 0.3 is 0 Å². The van der Waals surface area contributed by atoms with Gasteiger partial charge in [-0.2, -0.15) is 0 Å². The molecule has 0 atom stereocenters. The predicted octanol–water partition coefficient (Wildman–Crippen LogP) is 11.0. The second kappa shape index (κ2) is 12.9. The number of rotatable bonds is 4.